The summed E-state index contributed by atoms with van der Waals surface area (Å²) in [7, 11) is 1.33. The normalized spacial score (nSPS) is 21.1. The number of nitrogens with one attached hydrogen (secondary N) is 1. The Hall–Kier alpha value is -2.29. The van der Waals surface area contributed by atoms with Gasteiger partial charge >= 0.3 is 6.18 Å². The van der Waals surface area contributed by atoms with Crippen molar-refractivity contribution < 1.29 is 27.5 Å². The van der Waals surface area contributed by atoms with Crippen LogP contribution in [0.1, 0.15) is 55.6 Å². The Morgan fingerprint density at radius 1 is 1.46 bits per heavy atom. The van der Waals surface area contributed by atoms with E-state index in [1.165, 1.54) is 13.2 Å². The van der Waals surface area contributed by atoms with Crippen molar-refractivity contribution in [2.24, 2.45) is 12.5 Å². The second-order valence-electron chi connectivity index (χ2n) is 8.30. The first kappa shape index (κ1) is 20.4. The molecule has 6 nitrogen and oxygen atoms in total. The smallest absolute Gasteiger partial charge is 0.425 e. The molecule has 2 heterocycles. The van der Waals surface area contributed by atoms with E-state index >= 15 is 0 Å². The first-order valence-corrected chi connectivity index (χ1v) is 8.98. The highest BCUT2D eigenvalue weighted by Crippen LogP contribution is 2.43. The summed E-state index contributed by atoms with van der Waals surface area (Å²) >= 11 is 0. The van der Waals surface area contributed by atoms with E-state index in [4.69, 9.17) is 4.42 Å². The molecule has 2 N–H and O–H groups in total. The van der Waals surface area contributed by atoms with Crippen molar-refractivity contribution in [2.45, 2.75) is 57.9 Å². The number of aryl methyl sites for hydroxylation is 2. The van der Waals surface area contributed by atoms with Gasteiger partial charge in [0.05, 0.1) is 12.5 Å². The van der Waals surface area contributed by atoms with E-state index in [0.717, 1.165) is 22.1 Å². The fourth-order valence-electron chi connectivity index (χ4n) is 3.86. The second kappa shape index (κ2) is 6.65. The minimum absolute atomic E-state index is 0.185. The standard InChI is InChI=1S/C19H24F3N3O3/c1-11-7-12-13(8-17(2,3)9-14(12)28-11)24-15(26)10-18(27,19(20,21)22)16-23-5-6-25(16)4/h5-7,13,27H,8-10H2,1-4H3,(H,24,26). The largest absolute Gasteiger partial charge is 0.466 e. The van der Waals surface area contributed by atoms with Crippen molar-refractivity contribution in [3.63, 3.8) is 0 Å². The van der Waals surface area contributed by atoms with E-state index in [1.807, 2.05) is 13.8 Å². The van der Waals surface area contributed by atoms with Crippen LogP contribution in [0.15, 0.2) is 22.9 Å². The lowest BCUT2D eigenvalue weighted by Gasteiger charge is -2.35. The molecule has 0 fully saturated rings. The summed E-state index contributed by atoms with van der Waals surface area (Å²) in [4.78, 5) is 16.2. The fourth-order valence-corrected chi connectivity index (χ4v) is 3.86. The fraction of sp³-hybridized carbons (Fsp3) is 0.579. The number of aromatic nitrogens is 2. The van der Waals surface area contributed by atoms with Gasteiger partial charge in [-0.2, -0.15) is 13.2 Å². The minimum Gasteiger partial charge on any atom is -0.466 e. The van der Waals surface area contributed by atoms with Crippen LogP contribution in [0.3, 0.4) is 0 Å². The molecule has 2 atom stereocenters. The third-order valence-corrected chi connectivity index (χ3v) is 5.15. The maximum atomic E-state index is 13.7. The summed E-state index contributed by atoms with van der Waals surface area (Å²) in [5.41, 5.74) is -2.79. The van der Waals surface area contributed by atoms with Gasteiger partial charge in [-0.3, -0.25) is 4.79 Å². The zero-order valence-corrected chi connectivity index (χ0v) is 16.2. The summed E-state index contributed by atoms with van der Waals surface area (Å²) in [6.07, 6.45) is -2.57. The molecule has 0 saturated heterocycles. The number of hydrogen-bond donors (Lipinski definition) is 2. The molecular formula is C19H24F3N3O3. The van der Waals surface area contributed by atoms with E-state index in [9.17, 15) is 23.1 Å². The lowest BCUT2D eigenvalue weighted by molar-refractivity contribution is -0.271. The Balaban J connectivity index is 1.85. The highest BCUT2D eigenvalue weighted by atomic mass is 19.4. The average molecular weight is 399 g/mol. The number of furan rings is 1. The third-order valence-electron chi connectivity index (χ3n) is 5.15. The van der Waals surface area contributed by atoms with Gasteiger partial charge in [0.15, 0.2) is 5.82 Å². The van der Waals surface area contributed by atoms with Gasteiger partial charge in [-0.25, -0.2) is 4.98 Å². The number of aliphatic hydroxyl groups is 1. The maximum Gasteiger partial charge on any atom is 0.425 e. The minimum atomic E-state index is -5.06. The molecule has 28 heavy (non-hydrogen) atoms. The molecule has 0 spiro atoms. The number of hydrogen-bond acceptors (Lipinski definition) is 4. The summed E-state index contributed by atoms with van der Waals surface area (Å²) in [6, 6.07) is 1.31. The first-order chi connectivity index (χ1) is 12.8. The van der Waals surface area contributed by atoms with Crippen LogP contribution < -0.4 is 5.32 Å². The summed E-state index contributed by atoms with van der Waals surface area (Å²) in [5.74, 6) is -0.120. The molecule has 0 bridgehead atoms. The Labute approximate surface area is 160 Å². The van der Waals surface area contributed by atoms with Gasteiger partial charge in [-0.05, 0) is 24.8 Å². The van der Waals surface area contributed by atoms with Crippen LogP contribution in [0, 0.1) is 12.3 Å². The molecule has 9 heteroatoms. The topological polar surface area (TPSA) is 80.3 Å². The molecule has 1 aliphatic carbocycles. The number of nitrogens with zero attached hydrogens (tertiary/aromatic N) is 2. The number of imidazole rings is 1. The van der Waals surface area contributed by atoms with Gasteiger partial charge in [-0.15, -0.1) is 0 Å². The van der Waals surface area contributed by atoms with Crippen LogP contribution in [-0.4, -0.2) is 26.7 Å². The molecule has 0 saturated carbocycles. The van der Waals surface area contributed by atoms with E-state index in [2.05, 4.69) is 10.3 Å². The van der Waals surface area contributed by atoms with Gasteiger partial charge in [0.2, 0.25) is 11.5 Å². The number of rotatable bonds is 4. The average Bonchev–Trinajstić information content (AvgIpc) is 3.10. The molecule has 2 aromatic heterocycles. The van der Waals surface area contributed by atoms with Crippen LogP contribution in [-0.2, 0) is 23.9 Å². The summed E-state index contributed by atoms with van der Waals surface area (Å²) < 4.78 is 47.7. The predicted octanol–water partition coefficient (Wildman–Crippen LogP) is 3.29. The Kier molecular flexibility index (Phi) is 4.85. The van der Waals surface area contributed by atoms with Crippen molar-refractivity contribution in [1.82, 2.24) is 14.9 Å². The molecule has 0 aliphatic heterocycles. The molecule has 3 rings (SSSR count). The van der Waals surface area contributed by atoms with Crippen molar-refractivity contribution in [3.8, 4) is 0 Å². The second-order valence-corrected chi connectivity index (χ2v) is 8.30. The van der Waals surface area contributed by atoms with Crippen LogP contribution in [0.2, 0.25) is 0 Å². The quantitative estimate of drug-likeness (QED) is 0.827. The predicted molar refractivity (Wildman–Crippen MR) is 94.2 cm³/mol. The summed E-state index contributed by atoms with van der Waals surface area (Å²) in [5, 5.41) is 13.1. The zero-order valence-electron chi connectivity index (χ0n) is 16.2. The highest BCUT2D eigenvalue weighted by Gasteiger charge is 2.58. The van der Waals surface area contributed by atoms with Gasteiger partial charge in [-0.1, -0.05) is 13.8 Å². The molecule has 2 aromatic rings. The maximum absolute atomic E-state index is 13.7. The molecule has 0 aromatic carbocycles. The molecular weight excluding hydrogens is 375 g/mol. The van der Waals surface area contributed by atoms with Crippen LogP contribution in [0.25, 0.3) is 0 Å². The number of amides is 1. The van der Waals surface area contributed by atoms with Crippen LogP contribution in [0.5, 0.6) is 0 Å². The number of alkyl halides is 3. The van der Waals surface area contributed by atoms with Gasteiger partial charge < -0.3 is 19.4 Å². The van der Waals surface area contributed by atoms with Gasteiger partial charge in [0.25, 0.3) is 0 Å². The number of carbonyl (C=O) groups excluding carboxylic acids is 1. The number of halogens is 3. The number of carbonyl (C=O) groups is 1. The lowest BCUT2D eigenvalue weighted by atomic mass is 9.74. The molecule has 154 valence electrons. The van der Waals surface area contributed by atoms with Crippen molar-refractivity contribution in [3.05, 3.63) is 41.4 Å². The summed E-state index contributed by atoms with van der Waals surface area (Å²) in [6.45, 7) is 5.80. The van der Waals surface area contributed by atoms with Crippen molar-refractivity contribution >= 4 is 5.91 Å². The van der Waals surface area contributed by atoms with Crippen molar-refractivity contribution in [1.29, 1.82) is 0 Å². The number of fused-ring (bicyclic) bond motifs is 1. The van der Waals surface area contributed by atoms with Gasteiger partial charge in [0, 0.05) is 31.4 Å². The van der Waals surface area contributed by atoms with Crippen molar-refractivity contribution in [2.75, 3.05) is 0 Å². The molecule has 1 aliphatic rings. The SMILES string of the molecule is Cc1cc2c(o1)CC(C)(C)CC2NC(=O)CC(O)(c1nccn1C)C(F)(F)F. The Morgan fingerprint density at radius 2 is 2.14 bits per heavy atom. The highest BCUT2D eigenvalue weighted by molar-refractivity contribution is 5.78. The third kappa shape index (κ3) is 3.67. The molecule has 1 amide bonds. The van der Waals surface area contributed by atoms with E-state index < -0.39 is 36.0 Å². The lowest BCUT2D eigenvalue weighted by Crippen LogP contribution is -2.48. The molecule has 0 radical (unpaired) electrons. The van der Waals surface area contributed by atoms with E-state index in [-0.39, 0.29) is 5.41 Å². The van der Waals surface area contributed by atoms with Gasteiger partial charge in [0.1, 0.15) is 11.5 Å². The monoisotopic (exact) mass is 399 g/mol. The van der Waals surface area contributed by atoms with E-state index in [1.54, 1.807) is 13.0 Å². The first-order valence-electron chi connectivity index (χ1n) is 8.98. The Morgan fingerprint density at radius 3 is 2.71 bits per heavy atom. The Bertz CT molecular complexity index is 885. The van der Waals surface area contributed by atoms with Crippen LogP contribution in [0.4, 0.5) is 13.2 Å². The molecule has 2 unspecified atom stereocenters. The zero-order chi connectivity index (χ0) is 20.9. The van der Waals surface area contributed by atoms with Crippen LogP contribution >= 0.6 is 0 Å². The van der Waals surface area contributed by atoms with E-state index in [0.29, 0.717) is 18.6 Å².